The Bertz CT molecular complexity index is 2440. The van der Waals surface area contributed by atoms with Gasteiger partial charge in [-0.05, 0) is 35.4 Å². The van der Waals surface area contributed by atoms with E-state index in [1.54, 1.807) is 0 Å². The molecule has 0 amide bonds. The van der Waals surface area contributed by atoms with E-state index in [0.29, 0.717) is 17.6 Å². The Morgan fingerprint density at radius 2 is 0.978 bits per heavy atom. The minimum absolute atomic E-state index is 0.543. The predicted octanol–water partition coefficient (Wildman–Crippen LogP) is 9.28. The summed E-state index contributed by atoms with van der Waals surface area (Å²) in [6, 6.07) is 51.8. The lowest BCUT2D eigenvalue weighted by molar-refractivity contribution is 0.938. The largest absolute Gasteiger partial charge is 0.300 e. The van der Waals surface area contributed by atoms with Crippen LogP contribution in [0, 0.1) is 0 Å². The van der Waals surface area contributed by atoms with Gasteiger partial charge in [-0.1, -0.05) is 127 Å². The van der Waals surface area contributed by atoms with Crippen molar-refractivity contribution in [1.82, 2.24) is 28.9 Å². The second kappa shape index (κ2) is 10.6. The topological polar surface area (TPSA) is 60.9 Å². The Kier molecular flexibility index (Phi) is 6.03. The van der Waals surface area contributed by atoms with Crippen molar-refractivity contribution in [2.75, 3.05) is 0 Å². The molecule has 0 saturated heterocycles. The lowest BCUT2D eigenvalue weighted by atomic mass is 9.98. The summed E-state index contributed by atoms with van der Waals surface area (Å²) in [4.78, 5) is 20.3. The third-order valence-corrected chi connectivity index (χ3v) is 8.39. The molecule has 0 radical (unpaired) electrons. The molecule has 0 aliphatic carbocycles. The Morgan fingerprint density at radius 3 is 1.59 bits per heavy atom. The molecule has 216 valence electrons. The molecule has 6 heteroatoms. The summed E-state index contributed by atoms with van der Waals surface area (Å²) in [6.07, 6.45) is 2.07. The first-order chi connectivity index (χ1) is 22.8. The van der Waals surface area contributed by atoms with E-state index in [9.17, 15) is 0 Å². The van der Waals surface area contributed by atoms with Gasteiger partial charge < -0.3 is 0 Å². The van der Waals surface area contributed by atoms with Gasteiger partial charge in [-0.2, -0.15) is 9.97 Å². The van der Waals surface area contributed by atoms with Crippen LogP contribution >= 0.6 is 0 Å². The summed E-state index contributed by atoms with van der Waals surface area (Å²) >= 11 is 0. The van der Waals surface area contributed by atoms with E-state index in [1.165, 1.54) is 0 Å². The molecule has 0 fully saturated rings. The first-order valence-corrected chi connectivity index (χ1v) is 15.3. The quantitative estimate of drug-likeness (QED) is 0.200. The first-order valence-electron chi connectivity index (χ1n) is 15.3. The van der Waals surface area contributed by atoms with Crippen molar-refractivity contribution in [3.8, 4) is 51.1 Å². The van der Waals surface area contributed by atoms with Crippen molar-refractivity contribution in [3.63, 3.8) is 0 Å². The monoisotopic (exact) mass is 590 g/mol. The summed E-state index contributed by atoms with van der Waals surface area (Å²) in [6.45, 7) is 0. The second-order valence-electron chi connectivity index (χ2n) is 11.2. The zero-order valence-electron chi connectivity index (χ0n) is 24.7. The van der Waals surface area contributed by atoms with E-state index < -0.39 is 0 Å². The maximum Gasteiger partial charge on any atom is 0.238 e. The molecule has 0 unspecified atom stereocenters. The van der Waals surface area contributed by atoms with E-state index in [0.717, 1.165) is 61.1 Å². The minimum atomic E-state index is 0.543. The summed E-state index contributed by atoms with van der Waals surface area (Å²) in [5, 5.41) is 1.09. The molecule has 6 nitrogen and oxygen atoms in total. The van der Waals surface area contributed by atoms with Crippen LogP contribution in [0.5, 0.6) is 0 Å². The summed E-state index contributed by atoms with van der Waals surface area (Å²) in [7, 11) is 0. The van der Waals surface area contributed by atoms with Crippen LogP contribution in [0.3, 0.4) is 0 Å². The van der Waals surface area contributed by atoms with Crippen LogP contribution in [0.1, 0.15) is 0 Å². The Balaban J connectivity index is 1.45. The number of benzene rings is 5. The summed E-state index contributed by atoms with van der Waals surface area (Å²) < 4.78 is 4.34. The molecule has 0 saturated carbocycles. The maximum absolute atomic E-state index is 5.18. The summed E-state index contributed by atoms with van der Waals surface area (Å²) in [5.41, 5.74) is 9.95. The van der Waals surface area contributed by atoms with Crippen molar-refractivity contribution in [2.45, 2.75) is 0 Å². The van der Waals surface area contributed by atoms with Gasteiger partial charge in [-0.15, -0.1) is 0 Å². The number of imidazole rings is 1. The van der Waals surface area contributed by atoms with Gasteiger partial charge in [0.1, 0.15) is 5.65 Å². The van der Waals surface area contributed by atoms with Gasteiger partial charge in [0.25, 0.3) is 0 Å². The number of aromatic nitrogens is 6. The van der Waals surface area contributed by atoms with Crippen molar-refractivity contribution in [1.29, 1.82) is 0 Å². The fourth-order valence-electron chi connectivity index (χ4n) is 6.32. The van der Waals surface area contributed by atoms with Crippen molar-refractivity contribution >= 4 is 27.6 Å². The number of pyridine rings is 1. The molecule has 0 bridgehead atoms. The van der Waals surface area contributed by atoms with E-state index >= 15 is 0 Å². The van der Waals surface area contributed by atoms with Crippen molar-refractivity contribution < 1.29 is 0 Å². The van der Waals surface area contributed by atoms with Gasteiger partial charge >= 0.3 is 0 Å². The molecule has 5 aromatic carbocycles. The number of hydrogen-bond acceptors (Lipinski definition) is 4. The smallest absolute Gasteiger partial charge is 0.238 e. The molecule has 0 atom stereocenters. The summed E-state index contributed by atoms with van der Waals surface area (Å²) in [5.74, 6) is 1.77. The highest BCUT2D eigenvalue weighted by Crippen LogP contribution is 2.44. The van der Waals surface area contributed by atoms with E-state index in [2.05, 4.69) is 81.9 Å². The Morgan fingerprint density at radius 1 is 0.435 bits per heavy atom. The first kappa shape index (κ1) is 26.0. The number of fused-ring (bicyclic) bond motifs is 4. The van der Waals surface area contributed by atoms with Gasteiger partial charge in [0, 0.05) is 28.3 Å². The highest BCUT2D eigenvalue weighted by atomic mass is 15.2. The molecular formula is C40H26N6. The molecule has 9 aromatic rings. The van der Waals surface area contributed by atoms with E-state index in [1.807, 2.05) is 84.9 Å². The molecule has 4 aromatic heterocycles. The normalized spacial score (nSPS) is 11.5. The average molecular weight is 591 g/mol. The number of hydrogen-bond donors (Lipinski definition) is 0. The second-order valence-corrected chi connectivity index (χ2v) is 11.2. The van der Waals surface area contributed by atoms with Crippen LogP contribution in [0.15, 0.2) is 158 Å². The Labute approximate surface area is 264 Å². The van der Waals surface area contributed by atoms with Gasteiger partial charge in [-0.3, -0.25) is 8.97 Å². The maximum atomic E-state index is 5.18. The minimum Gasteiger partial charge on any atom is -0.300 e. The zero-order valence-corrected chi connectivity index (χ0v) is 24.7. The fourth-order valence-corrected chi connectivity index (χ4v) is 6.32. The molecule has 0 spiro atoms. The third-order valence-electron chi connectivity index (χ3n) is 8.39. The molecular weight excluding hydrogens is 564 g/mol. The molecule has 0 aliphatic rings. The standard InChI is InChI=1S/C40H26N6/c1-5-15-27(16-6-1)36-31-25-34-32(41-35-23-13-14-24-45(34)35)26-33(31)46(37(36)28-17-7-2-8-18-28)40-43-38(29-19-9-3-10-20-29)42-39(44-40)30-21-11-4-12-22-30/h1-26H. The molecule has 0 N–H and O–H groups in total. The van der Waals surface area contributed by atoms with Crippen LogP contribution in [0.25, 0.3) is 78.7 Å². The average Bonchev–Trinajstić information content (AvgIpc) is 3.67. The number of nitrogens with zero attached hydrogens (tertiary/aromatic N) is 6. The van der Waals surface area contributed by atoms with Crippen molar-refractivity contribution in [3.05, 3.63) is 158 Å². The highest BCUT2D eigenvalue weighted by Gasteiger charge is 2.25. The van der Waals surface area contributed by atoms with Crippen LogP contribution in [0.4, 0.5) is 0 Å². The van der Waals surface area contributed by atoms with Gasteiger partial charge in [0.05, 0.1) is 22.2 Å². The molecule has 4 heterocycles. The Hall–Kier alpha value is -6.40. The predicted molar refractivity (Wildman–Crippen MR) is 185 cm³/mol. The molecule has 46 heavy (non-hydrogen) atoms. The molecule has 9 rings (SSSR count). The van der Waals surface area contributed by atoms with Gasteiger partial charge in [-0.25, -0.2) is 9.97 Å². The number of rotatable bonds is 5. The lowest BCUT2D eigenvalue weighted by Crippen LogP contribution is -2.08. The SMILES string of the molecule is c1ccc(-c2nc(-c3ccccc3)nc(-n3c(-c4ccccc4)c(-c4ccccc4)c4cc5c(cc43)nc3ccccn35)n2)cc1. The van der Waals surface area contributed by atoms with E-state index in [4.69, 9.17) is 19.9 Å². The zero-order chi connectivity index (χ0) is 30.5. The van der Waals surface area contributed by atoms with Crippen molar-refractivity contribution in [2.24, 2.45) is 0 Å². The fraction of sp³-hybridized carbons (Fsp3) is 0. The third kappa shape index (κ3) is 4.27. The highest BCUT2D eigenvalue weighted by molar-refractivity contribution is 6.10. The lowest BCUT2D eigenvalue weighted by Gasteiger charge is -2.14. The van der Waals surface area contributed by atoms with Gasteiger partial charge in [0.15, 0.2) is 11.6 Å². The van der Waals surface area contributed by atoms with Crippen LogP contribution < -0.4 is 0 Å². The van der Waals surface area contributed by atoms with Gasteiger partial charge in [0.2, 0.25) is 5.95 Å². The van der Waals surface area contributed by atoms with Crippen LogP contribution in [-0.2, 0) is 0 Å². The molecule has 0 aliphatic heterocycles. The van der Waals surface area contributed by atoms with Crippen LogP contribution in [0.2, 0.25) is 0 Å². The van der Waals surface area contributed by atoms with E-state index in [-0.39, 0.29) is 0 Å². The van der Waals surface area contributed by atoms with Crippen LogP contribution in [-0.4, -0.2) is 28.9 Å².